The van der Waals surface area contributed by atoms with E-state index in [-0.39, 0.29) is 29.2 Å². The Morgan fingerprint density at radius 1 is 1.00 bits per heavy atom. The Hall–Kier alpha value is -3.38. The monoisotopic (exact) mass is 655 g/mol. The number of aromatic amines is 1. The predicted octanol–water partition coefficient (Wildman–Crippen LogP) is 5.67. The molecule has 0 spiro atoms. The highest BCUT2D eigenvalue weighted by atomic mass is 79.9. The van der Waals surface area contributed by atoms with Crippen molar-refractivity contribution in [3.05, 3.63) is 102 Å². The molecule has 2 unspecified atom stereocenters. The van der Waals surface area contributed by atoms with Crippen LogP contribution in [-0.2, 0) is 14.4 Å². The fourth-order valence-corrected chi connectivity index (χ4v) is 7.84. The van der Waals surface area contributed by atoms with Gasteiger partial charge in [-0.15, -0.1) is 0 Å². The summed E-state index contributed by atoms with van der Waals surface area (Å²) < 4.78 is 6.79. The molecular weight excluding hydrogens is 638 g/mol. The van der Waals surface area contributed by atoms with E-state index in [2.05, 4.69) is 26.2 Å². The van der Waals surface area contributed by atoms with Gasteiger partial charge in [0, 0.05) is 31.5 Å². The Morgan fingerprint density at radius 2 is 1.73 bits per heavy atom. The molecule has 1 fully saturated rings. The van der Waals surface area contributed by atoms with Crippen molar-refractivity contribution in [1.29, 1.82) is 0 Å². The van der Waals surface area contributed by atoms with Gasteiger partial charge in [-0.05, 0) is 54.6 Å². The van der Waals surface area contributed by atoms with Crippen molar-refractivity contribution in [3.63, 3.8) is 0 Å². The van der Waals surface area contributed by atoms with E-state index in [4.69, 9.17) is 16.3 Å². The summed E-state index contributed by atoms with van der Waals surface area (Å²) in [6.07, 6.45) is 0. The average Bonchev–Trinajstić information content (AvgIpc) is 3.44. The second-order valence-electron chi connectivity index (χ2n) is 9.12. The first-order valence-electron chi connectivity index (χ1n) is 12.1. The van der Waals surface area contributed by atoms with E-state index in [0.717, 1.165) is 15.8 Å². The maximum Gasteiger partial charge on any atom is 0.305 e. The zero-order valence-electron chi connectivity index (χ0n) is 20.4. The van der Waals surface area contributed by atoms with Crippen LogP contribution in [-0.4, -0.2) is 34.6 Å². The van der Waals surface area contributed by atoms with Gasteiger partial charge in [-0.3, -0.25) is 19.2 Å². The number of imide groups is 1. The quantitative estimate of drug-likeness (QED) is 0.259. The van der Waals surface area contributed by atoms with Crippen molar-refractivity contribution in [2.24, 2.45) is 5.92 Å². The number of para-hydroxylation sites is 1. The molecule has 202 valence electrons. The van der Waals surface area contributed by atoms with Crippen LogP contribution in [0.4, 0.5) is 11.4 Å². The highest BCUT2D eigenvalue weighted by Crippen LogP contribution is 2.54. The van der Waals surface area contributed by atoms with E-state index in [1.807, 2.05) is 0 Å². The number of aromatic nitrogens is 1. The minimum Gasteiger partial charge on any atom is -0.483 e. The lowest BCUT2D eigenvalue weighted by atomic mass is 9.82. The smallest absolute Gasteiger partial charge is 0.305 e. The Labute approximate surface area is 249 Å². The molecular formula is C28H19BrClN3O5S2. The van der Waals surface area contributed by atoms with Crippen LogP contribution in [0.25, 0.3) is 0 Å². The van der Waals surface area contributed by atoms with Crippen LogP contribution in [0.1, 0.15) is 16.4 Å². The number of amides is 3. The molecule has 40 heavy (non-hydrogen) atoms. The average molecular weight is 657 g/mol. The largest absolute Gasteiger partial charge is 0.483 e. The van der Waals surface area contributed by atoms with E-state index in [1.54, 1.807) is 72.8 Å². The van der Waals surface area contributed by atoms with Gasteiger partial charge in [-0.2, -0.15) is 0 Å². The van der Waals surface area contributed by atoms with Gasteiger partial charge < -0.3 is 15.0 Å². The van der Waals surface area contributed by atoms with E-state index in [1.165, 1.54) is 16.7 Å². The van der Waals surface area contributed by atoms with Crippen LogP contribution in [0.2, 0.25) is 5.02 Å². The molecule has 1 aromatic heterocycles. The standard InChI is InChI=1S/C28H19BrClN3O5S2/c29-14-5-11-17(12-6-14)33-26(35)22-21(23-25(32-28(37)40-23)39-24(22)27(33)36)18-3-1-2-4-19(18)38-13-20(34)31-16-9-7-15(30)8-10-16/h1-12,21-22,24H,13H2,(H,31,34)(H,32,37)/t21-,22?,24?/m1/s1. The van der Waals surface area contributed by atoms with Crippen LogP contribution in [0, 0.1) is 5.92 Å². The lowest BCUT2D eigenvalue weighted by Crippen LogP contribution is -2.32. The molecule has 3 heterocycles. The van der Waals surface area contributed by atoms with Crippen molar-refractivity contribution >= 4 is 79.7 Å². The second kappa shape index (κ2) is 10.9. The summed E-state index contributed by atoms with van der Waals surface area (Å²) in [4.78, 5) is 57.0. The third-order valence-electron chi connectivity index (χ3n) is 6.65. The molecule has 2 aliphatic heterocycles. The number of ether oxygens (including phenoxy) is 1. The number of hydrogen-bond donors (Lipinski definition) is 2. The molecule has 0 aliphatic carbocycles. The zero-order valence-corrected chi connectivity index (χ0v) is 24.4. The summed E-state index contributed by atoms with van der Waals surface area (Å²) in [5, 5.41) is 3.14. The van der Waals surface area contributed by atoms with Gasteiger partial charge in [0.05, 0.1) is 16.6 Å². The predicted molar refractivity (Wildman–Crippen MR) is 159 cm³/mol. The number of nitrogens with zero attached hydrogens (tertiary/aromatic N) is 1. The first-order valence-corrected chi connectivity index (χ1v) is 15.0. The summed E-state index contributed by atoms with van der Waals surface area (Å²) in [5.41, 5.74) is 1.67. The second-order valence-corrected chi connectivity index (χ2v) is 12.6. The number of hydrogen-bond acceptors (Lipinski definition) is 7. The van der Waals surface area contributed by atoms with Gasteiger partial charge in [0.25, 0.3) is 5.91 Å². The number of carbonyl (C=O) groups is 3. The van der Waals surface area contributed by atoms with Gasteiger partial charge >= 0.3 is 4.87 Å². The molecule has 0 bridgehead atoms. The van der Waals surface area contributed by atoms with E-state index < -0.39 is 17.1 Å². The number of H-pyrrole nitrogens is 1. The maximum absolute atomic E-state index is 13.9. The van der Waals surface area contributed by atoms with Crippen LogP contribution < -0.4 is 19.8 Å². The van der Waals surface area contributed by atoms with Crippen molar-refractivity contribution in [2.45, 2.75) is 16.2 Å². The molecule has 6 rings (SSSR count). The van der Waals surface area contributed by atoms with Crippen LogP contribution in [0.5, 0.6) is 5.75 Å². The molecule has 0 radical (unpaired) electrons. The minimum absolute atomic E-state index is 0.270. The fourth-order valence-electron chi connectivity index (χ4n) is 4.94. The van der Waals surface area contributed by atoms with Crippen molar-refractivity contribution in [3.8, 4) is 5.75 Å². The Bertz CT molecular complexity index is 1690. The lowest BCUT2D eigenvalue weighted by molar-refractivity contribution is -0.122. The number of fused-ring (bicyclic) bond motifs is 2. The molecule has 2 N–H and O–H groups in total. The summed E-state index contributed by atoms with van der Waals surface area (Å²) >= 11 is 11.5. The van der Waals surface area contributed by atoms with Crippen LogP contribution in [0.15, 0.2) is 87.1 Å². The third-order valence-corrected chi connectivity index (χ3v) is 9.83. The molecule has 2 aliphatic rings. The van der Waals surface area contributed by atoms with E-state index in [9.17, 15) is 19.2 Å². The number of thioether (sulfide) groups is 1. The maximum atomic E-state index is 13.9. The van der Waals surface area contributed by atoms with Gasteiger partial charge in [0.15, 0.2) is 6.61 Å². The number of benzene rings is 3. The minimum atomic E-state index is -0.771. The topological polar surface area (TPSA) is 109 Å². The first-order chi connectivity index (χ1) is 19.3. The molecule has 4 aromatic rings. The van der Waals surface area contributed by atoms with Crippen molar-refractivity contribution in [2.75, 3.05) is 16.8 Å². The number of anilines is 2. The zero-order chi connectivity index (χ0) is 28.0. The van der Waals surface area contributed by atoms with E-state index >= 15 is 0 Å². The molecule has 3 amide bonds. The number of carbonyl (C=O) groups excluding carboxylic acids is 3. The summed E-state index contributed by atoms with van der Waals surface area (Å²) in [6.45, 7) is -0.288. The lowest BCUT2D eigenvalue weighted by Gasteiger charge is -2.30. The Morgan fingerprint density at radius 3 is 2.48 bits per heavy atom. The molecule has 0 saturated carbocycles. The summed E-state index contributed by atoms with van der Waals surface area (Å²) in [6, 6.07) is 20.8. The van der Waals surface area contributed by atoms with E-state index in [0.29, 0.717) is 37.6 Å². The molecule has 3 atom stereocenters. The summed E-state index contributed by atoms with van der Waals surface area (Å²) in [7, 11) is 0. The van der Waals surface area contributed by atoms with Crippen molar-refractivity contribution in [1.82, 2.24) is 4.98 Å². The van der Waals surface area contributed by atoms with Crippen LogP contribution >= 0.6 is 50.6 Å². The number of nitrogens with one attached hydrogen (secondary N) is 2. The summed E-state index contributed by atoms with van der Waals surface area (Å²) in [5.74, 6) is -2.08. The van der Waals surface area contributed by atoms with Gasteiger partial charge in [0.2, 0.25) is 11.8 Å². The number of rotatable bonds is 6. The number of halogens is 2. The van der Waals surface area contributed by atoms with Gasteiger partial charge in [0.1, 0.15) is 11.0 Å². The highest BCUT2D eigenvalue weighted by molar-refractivity contribution is 9.10. The third kappa shape index (κ3) is 4.98. The highest BCUT2D eigenvalue weighted by Gasteiger charge is 2.56. The molecule has 12 heteroatoms. The fraction of sp³-hybridized carbons (Fsp3) is 0.143. The normalized spacial score (nSPS) is 19.8. The Balaban J connectivity index is 1.33. The molecule has 8 nitrogen and oxygen atoms in total. The SMILES string of the molecule is O=C(COc1ccccc1[C@H]1c2sc(=O)[nH]c2SC2C(=O)N(c3ccc(Br)cc3)C(=O)C21)Nc1ccc(Cl)cc1. The van der Waals surface area contributed by atoms with Gasteiger partial charge in [-0.25, -0.2) is 4.90 Å². The van der Waals surface area contributed by atoms with Gasteiger partial charge in [-0.1, -0.05) is 68.8 Å². The number of thiazole rings is 1. The first kappa shape index (κ1) is 26.8. The Kier molecular flexibility index (Phi) is 7.30. The van der Waals surface area contributed by atoms with Crippen LogP contribution in [0.3, 0.4) is 0 Å². The van der Waals surface area contributed by atoms with Crippen molar-refractivity contribution < 1.29 is 19.1 Å². The molecule has 3 aromatic carbocycles. The molecule has 1 saturated heterocycles.